The summed E-state index contributed by atoms with van der Waals surface area (Å²) in [6, 6.07) is 11.3. The van der Waals surface area contributed by atoms with Gasteiger partial charge in [0.1, 0.15) is 0 Å². The van der Waals surface area contributed by atoms with Gasteiger partial charge < -0.3 is 10.2 Å². The lowest BCUT2D eigenvalue weighted by atomic mass is 10.2. The molecule has 0 saturated carbocycles. The van der Waals surface area contributed by atoms with Gasteiger partial charge in [-0.2, -0.15) is 0 Å². The van der Waals surface area contributed by atoms with Gasteiger partial charge in [-0.25, -0.2) is 0 Å². The molecule has 1 heterocycles. The molecule has 0 saturated heterocycles. The SMILES string of the molecule is CCNc1cnccc1C(=O)N(C)c1ccccc1. The minimum absolute atomic E-state index is 0.0513. The van der Waals surface area contributed by atoms with Crippen LogP contribution in [0.15, 0.2) is 48.8 Å². The summed E-state index contributed by atoms with van der Waals surface area (Å²) >= 11 is 0. The van der Waals surface area contributed by atoms with Gasteiger partial charge >= 0.3 is 0 Å². The Kier molecular flexibility index (Phi) is 4.13. The maximum absolute atomic E-state index is 12.5. The molecule has 1 aromatic heterocycles. The number of rotatable bonds is 4. The Hall–Kier alpha value is -2.36. The molecule has 1 aromatic carbocycles. The fourth-order valence-corrected chi connectivity index (χ4v) is 1.86. The van der Waals surface area contributed by atoms with E-state index in [0.717, 1.165) is 17.9 Å². The van der Waals surface area contributed by atoms with Crippen molar-refractivity contribution in [3.8, 4) is 0 Å². The number of pyridine rings is 1. The molecule has 0 bridgehead atoms. The summed E-state index contributed by atoms with van der Waals surface area (Å²) in [5.41, 5.74) is 2.26. The zero-order valence-electron chi connectivity index (χ0n) is 11.1. The van der Waals surface area contributed by atoms with E-state index in [0.29, 0.717) is 5.56 Å². The highest BCUT2D eigenvalue weighted by Crippen LogP contribution is 2.19. The summed E-state index contributed by atoms with van der Waals surface area (Å²) in [6.07, 6.45) is 3.31. The third-order valence-electron chi connectivity index (χ3n) is 2.87. The quantitative estimate of drug-likeness (QED) is 0.913. The molecule has 0 radical (unpaired) electrons. The van der Waals surface area contributed by atoms with Crippen LogP contribution in [0.1, 0.15) is 17.3 Å². The van der Waals surface area contributed by atoms with E-state index in [-0.39, 0.29) is 5.91 Å². The molecule has 0 atom stereocenters. The Morgan fingerprint density at radius 1 is 1.26 bits per heavy atom. The third kappa shape index (κ3) is 2.91. The second-order valence-electron chi connectivity index (χ2n) is 4.15. The summed E-state index contributed by atoms with van der Waals surface area (Å²) in [6.45, 7) is 2.74. The van der Waals surface area contributed by atoms with Gasteiger partial charge in [0, 0.05) is 25.5 Å². The van der Waals surface area contributed by atoms with Gasteiger partial charge in [0.05, 0.1) is 17.4 Å². The number of para-hydroxylation sites is 1. The lowest BCUT2D eigenvalue weighted by Gasteiger charge is -2.19. The molecule has 0 aliphatic rings. The molecule has 0 aliphatic carbocycles. The van der Waals surface area contributed by atoms with Crippen molar-refractivity contribution in [2.24, 2.45) is 0 Å². The molecule has 4 nitrogen and oxygen atoms in total. The Bertz CT molecular complexity index is 554. The van der Waals surface area contributed by atoms with Crippen molar-refractivity contribution < 1.29 is 4.79 Å². The van der Waals surface area contributed by atoms with Gasteiger partial charge in [-0.05, 0) is 25.1 Å². The van der Waals surface area contributed by atoms with E-state index >= 15 is 0 Å². The summed E-state index contributed by atoms with van der Waals surface area (Å²) in [5.74, 6) is -0.0513. The van der Waals surface area contributed by atoms with Gasteiger partial charge in [-0.1, -0.05) is 18.2 Å². The minimum atomic E-state index is -0.0513. The topological polar surface area (TPSA) is 45.2 Å². The van der Waals surface area contributed by atoms with E-state index in [1.165, 1.54) is 0 Å². The molecule has 1 amide bonds. The van der Waals surface area contributed by atoms with Crippen molar-refractivity contribution in [2.45, 2.75) is 6.92 Å². The molecule has 98 valence electrons. The zero-order valence-corrected chi connectivity index (χ0v) is 11.1. The number of carbonyl (C=O) groups is 1. The Balaban J connectivity index is 2.29. The van der Waals surface area contributed by atoms with Crippen LogP contribution in [0.25, 0.3) is 0 Å². The lowest BCUT2D eigenvalue weighted by molar-refractivity contribution is 0.0993. The molecule has 1 N–H and O–H groups in total. The third-order valence-corrected chi connectivity index (χ3v) is 2.87. The van der Waals surface area contributed by atoms with Crippen molar-refractivity contribution in [1.82, 2.24) is 4.98 Å². The number of anilines is 2. The summed E-state index contributed by atoms with van der Waals surface area (Å²) in [4.78, 5) is 18.2. The zero-order chi connectivity index (χ0) is 13.7. The van der Waals surface area contributed by atoms with E-state index in [4.69, 9.17) is 0 Å². The number of nitrogens with one attached hydrogen (secondary N) is 1. The predicted molar refractivity (Wildman–Crippen MR) is 77.6 cm³/mol. The highest BCUT2D eigenvalue weighted by atomic mass is 16.2. The molecule has 0 aliphatic heterocycles. The number of carbonyl (C=O) groups excluding carboxylic acids is 1. The normalized spacial score (nSPS) is 10.0. The van der Waals surface area contributed by atoms with Gasteiger partial charge in [0.15, 0.2) is 0 Å². The smallest absolute Gasteiger partial charge is 0.260 e. The first kappa shape index (κ1) is 13.1. The highest BCUT2D eigenvalue weighted by Gasteiger charge is 2.16. The first-order valence-electron chi connectivity index (χ1n) is 6.25. The van der Waals surface area contributed by atoms with E-state index in [9.17, 15) is 4.79 Å². The molecule has 19 heavy (non-hydrogen) atoms. The fourth-order valence-electron chi connectivity index (χ4n) is 1.86. The van der Waals surface area contributed by atoms with E-state index in [2.05, 4.69) is 10.3 Å². The van der Waals surface area contributed by atoms with Crippen LogP contribution < -0.4 is 10.2 Å². The van der Waals surface area contributed by atoms with Gasteiger partial charge in [0.2, 0.25) is 0 Å². The van der Waals surface area contributed by atoms with Crippen LogP contribution in [0, 0.1) is 0 Å². The fraction of sp³-hybridized carbons (Fsp3) is 0.200. The summed E-state index contributed by atoms with van der Waals surface area (Å²) in [7, 11) is 1.77. The predicted octanol–water partition coefficient (Wildman–Crippen LogP) is 2.79. The van der Waals surface area contributed by atoms with Crippen molar-refractivity contribution in [2.75, 3.05) is 23.8 Å². The van der Waals surface area contributed by atoms with Crippen LogP contribution in [0.2, 0.25) is 0 Å². The highest BCUT2D eigenvalue weighted by molar-refractivity contribution is 6.09. The largest absolute Gasteiger partial charge is 0.383 e. The minimum Gasteiger partial charge on any atom is -0.383 e. The van der Waals surface area contributed by atoms with Crippen LogP contribution in [0.3, 0.4) is 0 Å². The molecule has 0 unspecified atom stereocenters. The second kappa shape index (κ2) is 6.00. The number of aromatic nitrogens is 1. The molecule has 2 rings (SSSR count). The van der Waals surface area contributed by atoms with Crippen LogP contribution in [0.4, 0.5) is 11.4 Å². The number of benzene rings is 1. The molecular weight excluding hydrogens is 238 g/mol. The molecule has 4 heteroatoms. The average molecular weight is 255 g/mol. The van der Waals surface area contributed by atoms with Gasteiger partial charge in [-0.3, -0.25) is 9.78 Å². The van der Waals surface area contributed by atoms with Crippen LogP contribution in [0.5, 0.6) is 0 Å². The first-order chi connectivity index (χ1) is 9.24. The summed E-state index contributed by atoms with van der Waals surface area (Å²) < 4.78 is 0. The monoisotopic (exact) mass is 255 g/mol. The standard InChI is InChI=1S/C15H17N3O/c1-3-17-14-11-16-10-9-13(14)15(19)18(2)12-7-5-4-6-8-12/h4-11,17H,3H2,1-2H3. The average Bonchev–Trinajstić information content (AvgIpc) is 2.47. The van der Waals surface area contributed by atoms with E-state index < -0.39 is 0 Å². The Morgan fingerprint density at radius 3 is 2.68 bits per heavy atom. The van der Waals surface area contributed by atoms with Crippen molar-refractivity contribution in [1.29, 1.82) is 0 Å². The maximum atomic E-state index is 12.5. The van der Waals surface area contributed by atoms with Gasteiger partial charge in [0.25, 0.3) is 5.91 Å². The lowest BCUT2D eigenvalue weighted by Crippen LogP contribution is -2.27. The van der Waals surface area contributed by atoms with Gasteiger partial charge in [-0.15, -0.1) is 0 Å². The van der Waals surface area contributed by atoms with E-state index in [1.54, 1.807) is 30.4 Å². The molecule has 2 aromatic rings. The van der Waals surface area contributed by atoms with Crippen molar-refractivity contribution in [3.63, 3.8) is 0 Å². The van der Waals surface area contributed by atoms with Crippen LogP contribution in [-0.4, -0.2) is 24.5 Å². The summed E-state index contributed by atoms with van der Waals surface area (Å²) in [5, 5.41) is 3.15. The number of nitrogens with zero attached hydrogens (tertiary/aromatic N) is 2. The van der Waals surface area contributed by atoms with Crippen LogP contribution >= 0.6 is 0 Å². The van der Waals surface area contributed by atoms with E-state index in [1.807, 2.05) is 37.3 Å². The van der Waals surface area contributed by atoms with Crippen LogP contribution in [-0.2, 0) is 0 Å². The first-order valence-corrected chi connectivity index (χ1v) is 6.25. The van der Waals surface area contributed by atoms with Crippen molar-refractivity contribution in [3.05, 3.63) is 54.4 Å². The number of amides is 1. The molecular formula is C15H17N3O. The molecule has 0 fully saturated rings. The Labute approximate surface area is 113 Å². The Morgan fingerprint density at radius 2 is 2.00 bits per heavy atom. The second-order valence-corrected chi connectivity index (χ2v) is 4.15. The number of hydrogen-bond donors (Lipinski definition) is 1. The molecule has 0 spiro atoms. The maximum Gasteiger partial charge on any atom is 0.260 e. The number of hydrogen-bond acceptors (Lipinski definition) is 3. The van der Waals surface area contributed by atoms with Crippen molar-refractivity contribution >= 4 is 17.3 Å².